The highest BCUT2D eigenvalue weighted by Gasteiger charge is 2.24. The van der Waals surface area contributed by atoms with Gasteiger partial charge in [0.15, 0.2) is 0 Å². The number of nitrogens with zero attached hydrogens (tertiary/aromatic N) is 2. The number of aromatic hydroxyl groups is 2. The van der Waals surface area contributed by atoms with Crippen LogP contribution in [0.5, 0.6) is 11.5 Å². The minimum Gasteiger partial charge on any atom is -0.506 e. The van der Waals surface area contributed by atoms with Crippen molar-refractivity contribution in [3.05, 3.63) is 130 Å². The molecule has 7 heteroatoms. The predicted octanol–water partition coefficient (Wildman–Crippen LogP) is 5.86. The fourth-order valence-electron chi connectivity index (χ4n) is 4.56. The average molecular weight is 505 g/mol. The second kappa shape index (κ2) is 9.04. The van der Waals surface area contributed by atoms with E-state index in [1.54, 1.807) is 72.8 Å². The predicted molar refractivity (Wildman–Crippen MR) is 147 cm³/mol. The first-order chi connectivity index (χ1) is 18.1. The summed E-state index contributed by atoms with van der Waals surface area (Å²) in [5, 5.41) is 23.4. The summed E-state index contributed by atoms with van der Waals surface area (Å²) >= 11 is 0.775. The van der Waals surface area contributed by atoms with Crippen molar-refractivity contribution < 1.29 is 10.2 Å². The summed E-state index contributed by atoms with van der Waals surface area (Å²) in [4.78, 5) is 27.6. The number of fused-ring (bicyclic) bond motifs is 2. The van der Waals surface area contributed by atoms with E-state index in [4.69, 9.17) is 0 Å². The van der Waals surface area contributed by atoms with Gasteiger partial charge in [0.2, 0.25) is 0 Å². The zero-order valence-corrected chi connectivity index (χ0v) is 20.2. The van der Waals surface area contributed by atoms with Gasteiger partial charge in [0.1, 0.15) is 21.3 Å². The molecule has 0 aliphatic heterocycles. The van der Waals surface area contributed by atoms with E-state index < -0.39 is 11.1 Å². The van der Waals surface area contributed by atoms with Crippen LogP contribution in [0.2, 0.25) is 0 Å². The molecule has 6 rings (SSSR count). The number of rotatable bonds is 4. The first-order valence-corrected chi connectivity index (χ1v) is 12.4. The standard InChI is InChI=1S/C30H20N2O4S/c33-25-21-15-7-9-17-23(21)31(19-11-3-1-4-12-19)29(35)27(25)37-28-26(34)22-16-8-10-18-24(22)32(30(28)36)20-13-5-2-6-14-20/h1-18,33-34H. The Kier molecular flexibility index (Phi) is 5.54. The van der Waals surface area contributed by atoms with E-state index in [-0.39, 0.29) is 21.3 Å². The number of aromatic nitrogens is 2. The third-order valence-electron chi connectivity index (χ3n) is 6.26. The fourth-order valence-corrected chi connectivity index (χ4v) is 5.53. The topological polar surface area (TPSA) is 84.5 Å². The van der Waals surface area contributed by atoms with E-state index in [0.29, 0.717) is 33.2 Å². The molecule has 0 radical (unpaired) electrons. The van der Waals surface area contributed by atoms with Crippen LogP contribution in [0.3, 0.4) is 0 Å². The molecule has 0 saturated heterocycles. The van der Waals surface area contributed by atoms with Gasteiger partial charge in [-0.3, -0.25) is 18.7 Å². The maximum Gasteiger partial charge on any atom is 0.273 e. The maximum absolute atomic E-state index is 13.8. The van der Waals surface area contributed by atoms with Gasteiger partial charge in [-0.1, -0.05) is 72.4 Å². The molecule has 2 aromatic heterocycles. The monoisotopic (exact) mass is 504 g/mol. The Balaban J connectivity index is 1.66. The number of hydrogen-bond acceptors (Lipinski definition) is 5. The van der Waals surface area contributed by atoms with E-state index in [9.17, 15) is 19.8 Å². The van der Waals surface area contributed by atoms with Crippen molar-refractivity contribution in [1.29, 1.82) is 0 Å². The zero-order valence-electron chi connectivity index (χ0n) is 19.4. The van der Waals surface area contributed by atoms with E-state index in [1.807, 2.05) is 36.4 Å². The van der Waals surface area contributed by atoms with Crippen molar-refractivity contribution in [3.63, 3.8) is 0 Å². The van der Waals surface area contributed by atoms with Crippen LogP contribution in [-0.4, -0.2) is 19.3 Å². The van der Waals surface area contributed by atoms with E-state index in [2.05, 4.69) is 0 Å². The van der Waals surface area contributed by atoms with Crippen LogP contribution in [0.4, 0.5) is 0 Å². The fraction of sp³-hybridized carbons (Fsp3) is 0. The summed E-state index contributed by atoms with van der Waals surface area (Å²) in [7, 11) is 0. The lowest BCUT2D eigenvalue weighted by Crippen LogP contribution is -2.23. The van der Waals surface area contributed by atoms with Crippen LogP contribution in [0.1, 0.15) is 0 Å². The van der Waals surface area contributed by atoms with E-state index in [0.717, 1.165) is 11.8 Å². The maximum atomic E-state index is 13.8. The summed E-state index contributed by atoms with van der Waals surface area (Å²) in [5.41, 5.74) is 1.32. The minimum absolute atomic E-state index is 0.0511. The van der Waals surface area contributed by atoms with Gasteiger partial charge in [-0.05, 0) is 48.5 Å². The van der Waals surface area contributed by atoms with Crippen molar-refractivity contribution in [3.8, 4) is 22.9 Å². The summed E-state index contributed by atoms with van der Waals surface area (Å²) in [6.07, 6.45) is 0. The first kappa shape index (κ1) is 22.7. The number of pyridine rings is 2. The van der Waals surface area contributed by atoms with Crippen LogP contribution < -0.4 is 11.1 Å². The van der Waals surface area contributed by atoms with Crippen molar-refractivity contribution >= 4 is 33.6 Å². The summed E-state index contributed by atoms with van der Waals surface area (Å²) in [6, 6.07) is 32.3. The molecule has 0 fully saturated rings. The summed E-state index contributed by atoms with van der Waals surface area (Å²) < 4.78 is 3.01. The lowest BCUT2D eigenvalue weighted by atomic mass is 10.2. The summed E-state index contributed by atoms with van der Waals surface area (Å²) in [6.45, 7) is 0. The van der Waals surface area contributed by atoms with Gasteiger partial charge < -0.3 is 10.2 Å². The lowest BCUT2D eigenvalue weighted by Gasteiger charge is -2.17. The van der Waals surface area contributed by atoms with Crippen LogP contribution in [-0.2, 0) is 0 Å². The van der Waals surface area contributed by atoms with Crippen LogP contribution in [0.15, 0.2) is 129 Å². The molecule has 2 N–H and O–H groups in total. The molecule has 0 bridgehead atoms. The highest BCUT2D eigenvalue weighted by Crippen LogP contribution is 2.41. The van der Waals surface area contributed by atoms with Gasteiger partial charge in [-0.25, -0.2) is 0 Å². The van der Waals surface area contributed by atoms with Crippen LogP contribution in [0.25, 0.3) is 33.2 Å². The molecule has 0 atom stereocenters. The van der Waals surface area contributed by atoms with Gasteiger partial charge >= 0.3 is 0 Å². The molecule has 2 heterocycles. The largest absolute Gasteiger partial charge is 0.506 e. The smallest absolute Gasteiger partial charge is 0.273 e. The molecule has 0 saturated carbocycles. The third-order valence-corrected chi connectivity index (χ3v) is 7.40. The van der Waals surface area contributed by atoms with Crippen LogP contribution >= 0.6 is 11.8 Å². The van der Waals surface area contributed by atoms with Crippen LogP contribution in [0, 0.1) is 0 Å². The first-order valence-electron chi connectivity index (χ1n) is 11.6. The number of benzene rings is 4. The average Bonchev–Trinajstić information content (AvgIpc) is 2.94. The Morgan fingerprint density at radius 2 is 0.838 bits per heavy atom. The molecular weight excluding hydrogens is 484 g/mol. The molecule has 4 aromatic carbocycles. The molecule has 0 aliphatic rings. The van der Waals surface area contributed by atoms with Crippen molar-refractivity contribution in [2.24, 2.45) is 0 Å². The molecule has 0 spiro atoms. The quantitative estimate of drug-likeness (QED) is 0.314. The molecule has 180 valence electrons. The number of hydrogen-bond donors (Lipinski definition) is 2. The lowest BCUT2D eigenvalue weighted by molar-refractivity contribution is 0.463. The molecule has 6 nitrogen and oxygen atoms in total. The van der Waals surface area contributed by atoms with Crippen molar-refractivity contribution in [2.45, 2.75) is 9.79 Å². The molecule has 0 amide bonds. The van der Waals surface area contributed by atoms with Gasteiger partial charge in [0, 0.05) is 22.1 Å². The highest BCUT2D eigenvalue weighted by atomic mass is 32.2. The third kappa shape index (κ3) is 3.68. The van der Waals surface area contributed by atoms with E-state index >= 15 is 0 Å². The summed E-state index contributed by atoms with van der Waals surface area (Å²) in [5.74, 6) is -0.480. The molecule has 6 aromatic rings. The van der Waals surface area contributed by atoms with E-state index in [1.165, 1.54) is 9.13 Å². The zero-order chi connectivity index (χ0) is 25.5. The van der Waals surface area contributed by atoms with Gasteiger partial charge in [-0.15, -0.1) is 0 Å². The Bertz CT molecular complexity index is 1770. The second-order valence-electron chi connectivity index (χ2n) is 8.44. The van der Waals surface area contributed by atoms with Crippen molar-refractivity contribution in [2.75, 3.05) is 0 Å². The Hall–Kier alpha value is -4.75. The number of para-hydroxylation sites is 4. The Morgan fingerprint density at radius 1 is 0.486 bits per heavy atom. The minimum atomic E-state index is -0.495. The van der Waals surface area contributed by atoms with Crippen molar-refractivity contribution in [1.82, 2.24) is 9.13 Å². The Morgan fingerprint density at radius 3 is 1.24 bits per heavy atom. The van der Waals surface area contributed by atoms with Gasteiger partial charge in [0.05, 0.1) is 11.0 Å². The highest BCUT2D eigenvalue weighted by molar-refractivity contribution is 7.99. The van der Waals surface area contributed by atoms with Gasteiger partial charge in [-0.2, -0.15) is 0 Å². The normalized spacial score (nSPS) is 11.2. The molecule has 0 aliphatic carbocycles. The second-order valence-corrected chi connectivity index (χ2v) is 9.46. The SMILES string of the molecule is O=c1c(Sc2c(O)c3ccccc3n(-c3ccccc3)c2=O)c(O)c2ccccc2n1-c1ccccc1. The molecule has 37 heavy (non-hydrogen) atoms. The molecular formula is C30H20N2O4S. The van der Waals surface area contributed by atoms with Gasteiger partial charge in [0.25, 0.3) is 11.1 Å². The Labute approximate surface area is 215 Å². The molecule has 0 unspecified atom stereocenters.